The zero-order valence-electron chi connectivity index (χ0n) is 38.2. The predicted octanol–water partition coefficient (Wildman–Crippen LogP) is 1.93. The number of likely N-dealkylation sites (N-methyl/N-ethyl adjacent to an activating group) is 1. The first-order valence-electron chi connectivity index (χ1n) is 23.3. The van der Waals surface area contributed by atoms with E-state index in [1.165, 1.54) is 7.11 Å². The predicted molar refractivity (Wildman–Crippen MR) is 240 cm³/mol. The fourth-order valence-corrected chi connectivity index (χ4v) is 13.8. The maximum Gasteiger partial charge on any atom is 0.364 e. The van der Waals surface area contributed by atoms with Crippen LogP contribution in [0.15, 0.2) is 48.6 Å². The summed E-state index contributed by atoms with van der Waals surface area (Å²) in [6.07, 6.45) is 5.94. The Morgan fingerprint density at radius 2 is 1.83 bits per heavy atom. The van der Waals surface area contributed by atoms with E-state index in [1.807, 2.05) is 62.2 Å². The summed E-state index contributed by atoms with van der Waals surface area (Å²) in [7, 11) is 4.91. The number of aliphatic hydroxyl groups is 3. The molecule has 346 valence electrons. The number of aliphatic hydroxyl groups excluding tert-OH is 1. The number of anilines is 1. The van der Waals surface area contributed by atoms with E-state index in [0.29, 0.717) is 89.0 Å². The van der Waals surface area contributed by atoms with E-state index in [2.05, 4.69) is 38.0 Å². The number of aromatic amines is 1. The van der Waals surface area contributed by atoms with Crippen molar-refractivity contribution in [2.75, 3.05) is 72.0 Å². The molecule has 6 heterocycles. The molecule has 6 aliphatic rings. The van der Waals surface area contributed by atoms with Gasteiger partial charge in [-0.2, -0.15) is 0 Å². The molecular weight excluding hydrogens is 817 g/mol. The summed E-state index contributed by atoms with van der Waals surface area (Å²) in [6.45, 7) is 9.11. The summed E-state index contributed by atoms with van der Waals surface area (Å²) < 4.78 is 17.7. The third kappa shape index (κ3) is 6.24. The minimum absolute atomic E-state index is 0.0660. The van der Waals surface area contributed by atoms with Crippen molar-refractivity contribution >= 4 is 34.4 Å². The number of nitrogens with zero attached hydrogens (tertiary/aromatic N) is 3. The first kappa shape index (κ1) is 44.7. The number of hydrogen-bond acceptors (Lipinski definition) is 12. The lowest BCUT2D eigenvalue weighted by atomic mass is 9.47. The summed E-state index contributed by atoms with van der Waals surface area (Å²) in [5.74, 6) is -1.24. The van der Waals surface area contributed by atoms with Gasteiger partial charge in [-0.1, -0.05) is 44.2 Å². The smallest absolute Gasteiger partial charge is 0.364 e. The molecule has 11 unspecified atom stereocenters. The highest BCUT2D eigenvalue weighted by Crippen LogP contribution is 2.67. The first-order valence-corrected chi connectivity index (χ1v) is 23.3. The molecule has 64 heavy (non-hydrogen) atoms. The second-order valence-corrected chi connectivity index (χ2v) is 19.8. The number of methoxy groups -OCH3 is 2. The molecular formula is C49H67N6O9+. The van der Waals surface area contributed by atoms with Gasteiger partial charge in [0, 0.05) is 90.6 Å². The molecule has 11 atom stereocenters. The molecule has 1 aliphatic carbocycles. The molecule has 2 saturated heterocycles. The molecule has 2 bridgehead atoms. The fourth-order valence-electron chi connectivity index (χ4n) is 13.8. The highest BCUT2D eigenvalue weighted by atomic mass is 16.5. The number of para-hydroxylation sites is 1. The molecule has 9 rings (SSSR count). The summed E-state index contributed by atoms with van der Waals surface area (Å²) in [5, 5.41) is 42.2. The van der Waals surface area contributed by atoms with Crippen LogP contribution in [-0.4, -0.2) is 151 Å². The van der Waals surface area contributed by atoms with Gasteiger partial charge in [-0.05, 0) is 87.6 Å². The second-order valence-electron chi connectivity index (χ2n) is 19.8. The van der Waals surface area contributed by atoms with Crippen LogP contribution in [0.3, 0.4) is 0 Å². The average Bonchev–Trinajstić information content (AvgIpc) is 3.95. The number of aromatic nitrogens is 1. The van der Waals surface area contributed by atoms with Gasteiger partial charge in [0.25, 0.3) is 5.91 Å². The topological polar surface area (TPSA) is 205 Å². The van der Waals surface area contributed by atoms with Crippen LogP contribution in [-0.2, 0) is 41.1 Å². The Morgan fingerprint density at radius 3 is 2.55 bits per heavy atom. The summed E-state index contributed by atoms with van der Waals surface area (Å²) in [6, 6.07) is 10.4. The van der Waals surface area contributed by atoms with Crippen LogP contribution in [0.2, 0.25) is 0 Å². The van der Waals surface area contributed by atoms with E-state index in [0.717, 1.165) is 33.4 Å². The average molecular weight is 884 g/mol. The van der Waals surface area contributed by atoms with Crippen molar-refractivity contribution in [1.29, 1.82) is 0 Å². The molecule has 1 aromatic heterocycles. The number of esters is 2. The standard InChI is InChI=1S/C49H66N6O9/c1-7-45(60)25-30-26-48(44(59)63-6,38-32(15-20-54(27-30)28-45)31-13-9-10-14-35(31)52-38)34-23-33-36(24-37(34)62-5)53(4)41-47(33)17-21-55-19-11-16-46(8-2,40(47)55)42(57)49(41,61)43(58)51-18-12-22-64-39(56)29(3)50/h9-11,13-14,16,23-24,29-30,40-42,52,57,60-61H,7-8,12,15,17-22,25-28,50H2,1-6H3,(H,51,58)/p+1. The molecule has 0 radical (unpaired) electrons. The third-order valence-electron chi connectivity index (χ3n) is 16.5. The number of piperidine rings is 1. The van der Waals surface area contributed by atoms with E-state index in [4.69, 9.17) is 14.2 Å². The Balaban J connectivity index is 1.25. The number of ether oxygens (including phenoxy) is 3. The lowest BCUT2D eigenvalue weighted by Crippen LogP contribution is -2.81. The zero-order chi connectivity index (χ0) is 45.6. The molecule has 3 aromatic rings. The van der Waals surface area contributed by atoms with Crippen LogP contribution in [0.1, 0.15) is 81.7 Å². The van der Waals surface area contributed by atoms with Crippen LogP contribution >= 0.6 is 0 Å². The fraction of sp³-hybridized carbons (Fsp3) is 0.612. The van der Waals surface area contributed by atoms with Gasteiger partial charge in [0.1, 0.15) is 17.3 Å². The number of nitrogens with one attached hydrogen (secondary N) is 2. The van der Waals surface area contributed by atoms with Gasteiger partial charge in [-0.3, -0.25) is 19.4 Å². The minimum Gasteiger partial charge on any atom is -0.496 e. The van der Waals surface area contributed by atoms with Crippen LogP contribution in [0, 0.1) is 11.3 Å². The number of carbonyl (C=O) groups is 3. The number of benzene rings is 2. The maximum absolute atomic E-state index is 15.4. The number of rotatable bonds is 11. The molecule has 15 nitrogen and oxygen atoms in total. The SMILES string of the molecule is CCC1(O)CC2CN(CCc3c([nH]c4ccccc34)C(C(=O)OC)(c3cc4c(cc3OC)N(C)C3C(O)(C(=O)NCCCOC(=O)C(C)[NH3+])C(O)C5(CC)C=CCN6CCC43C65)C2)C1. The monoisotopic (exact) mass is 883 g/mol. The van der Waals surface area contributed by atoms with Crippen LogP contribution in [0.25, 0.3) is 10.9 Å². The van der Waals surface area contributed by atoms with Gasteiger partial charge in [0.2, 0.25) is 0 Å². The van der Waals surface area contributed by atoms with E-state index < -0.39 is 63.5 Å². The first-order chi connectivity index (χ1) is 30.6. The van der Waals surface area contributed by atoms with Gasteiger partial charge >= 0.3 is 11.9 Å². The number of fused-ring (bicyclic) bond motifs is 6. The van der Waals surface area contributed by atoms with Gasteiger partial charge in [0.05, 0.1) is 32.5 Å². The molecule has 15 heteroatoms. The summed E-state index contributed by atoms with van der Waals surface area (Å²) >= 11 is 0. The highest BCUT2D eigenvalue weighted by molar-refractivity contribution is 5.95. The number of quaternary nitrogens is 1. The van der Waals surface area contributed by atoms with E-state index in [-0.39, 0.29) is 25.1 Å². The van der Waals surface area contributed by atoms with Gasteiger partial charge in [-0.25, -0.2) is 4.79 Å². The number of amides is 1. The molecule has 3 fully saturated rings. The van der Waals surface area contributed by atoms with Crippen molar-refractivity contribution in [1.82, 2.24) is 20.1 Å². The summed E-state index contributed by atoms with van der Waals surface area (Å²) in [5.41, 5.74) is 1.98. The van der Waals surface area contributed by atoms with Gasteiger partial charge in [-0.15, -0.1) is 0 Å². The van der Waals surface area contributed by atoms with Gasteiger partial charge in [0.15, 0.2) is 11.6 Å². The van der Waals surface area contributed by atoms with Crippen LogP contribution in [0.4, 0.5) is 5.69 Å². The van der Waals surface area contributed by atoms with Crippen molar-refractivity contribution < 1.29 is 49.6 Å². The Kier molecular flexibility index (Phi) is 11.3. The number of hydrogen-bond donors (Lipinski definition) is 6. The lowest BCUT2D eigenvalue weighted by Gasteiger charge is -2.63. The molecule has 1 amide bonds. The third-order valence-corrected chi connectivity index (χ3v) is 16.5. The second kappa shape index (κ2) is 16.1. The molecule has 1 spiro atoms. The van der Waals surface area contributed by atoms with Crippen LogP contribution < -0.4 is 20.7 Å². The number of H-pyrrole nitrogens is 1. The Labute approximate surface area is 375 Å². The molecule has 1 saturated carbocycles. The Hall–Kier alpha value is -4.51. The van der Waals surface area contributed by atoms with E-state index in [9.17, 15) is 24.9 Å². The normalized spacial score (nSPS) is 35.5. The largest absolute Gasteiger partial charge is 0.496 e. The van der Waals surface area contributed by atoms with Crippen molar-refractivity contribution in [2.24, 2.45) is 11.3 Å². The molecule has 5 aliphatic heterocycles. The minimum atomic E-state index is -2.32. The number of carbonyl (C=O) groups excluding carboxylic acids is 3. The van der Waals surface area contributed by atoms with E-state index >= 15 is 4.79 Å². The quantitative estimate of drug-likeness (QED) is 0.0930. The Morgan fingerprint density at radius 1 is 1.05 bits per heavy atom. The van der Waals surface area contributed by atoms with Crippen molar-refractivity contribution in [3.05, 3.63) is 70.9 Å². The van der Waals surface area contributed by atoms with Crippen molar-refractivity contribution in [3.63, 3.8) is 0 Å². The zero-order valence-corrected chi connectivity index (χ0v) is 38.2. The molecule has 2 aromatic carbocycles. The lowest BCUT2D eigenvalue weighted by molar-refractivity contribution is -0.402. The molecule has 8 N–H and O–H groups in total. The van der Waals surface area contributed by atoms with Crippen molar-refractivity contribution in [2.45, 2.75) is 112 Å². The van der Waals surface area contributed by atoms with Crippen molar-refractivity contribution in [3.8, 4) is 5.75 Å². The maximum atomic E-state index is 15.4. The Bertz CT molecular complexity index is 2370. The van der Waals surface area contributed by atoms with Gasteiger partial charge < -0.3 is 50.5 Å². The highest BCUT2D eigenvalue weighted by Gasteiger charge is 2.78. The summed E-state index contributed by atoms with van der Waals surface area (Å²) in [4.78, 5) is 52.8. The van der Waals surface area contributed by atoms with E-state index in [1.54, 1.807) is 14.0 Å². The van der Waals surface area contributed by atoms with Crippen LogP contribution in [0.5, 0.6) is 5.75 Å².